The van der Waals surface area contributed by atoms with Crippen LogP contribution in [0.15, 0.2) is 53.4 Å². The molecule has 150 valence electrons. The summed E-state index contributed by atoms with van der Waals surface area (Å²) in [6.45, 7) is 5.34. The highest BCUT2D eigenvalue weighted by molar-refractivity contribution is 5.95. The first kappa shape index (κ1) is 20.1. The van der Waals surface area contributed by atoms with Crippen LogP contribution in [0.1, 0.15) is 23.6 Å². The van der Waals surface area contributed by atoms with Crippen molar-refractivity contribution < 1.29 is 13.9 Å². The van der Waals surface area contributed by atoms with Gasteiger partial charge in [0.05, 0.1) is 0 Å². The summed E-state index contributed by atoms with van der Waals surface area (Å²) in [5.74, 6) is 0.514. The summed E-state index contributed by atoms with van der Waals surface area (Å²) in [5, 5.41) is 3.24. The average Bonchev–Trinajstić information content (AvgIpc) is 3.16. The number of ether oxygens (including phenoxy) is 1. The van der Waals surface area contributed by atoms with Crippen LogP contribution in [-0.2, 0) is 11.8 Å². The molecule has 0 spiro atoms. The van der Waals surface area contributed by atoms with Crippen LogP contribution in [0.2, 0.25) is 0 Å². The van der Waals surface area contributed by atoms with Gasteiger partial charge in [0.25, 0.3) is 5.56 Å². The summed E-state index contributed by atoms with van der Waals surface area (Å²) in [4.78, 5) is 26.3. The number of carbonyl (C=O) groups is 1. The van der Waals surface area contributed by atoms with E-state index in [0.29, 0.717) is 40.1 Å². The number of allylic oxidation sites excluding steroid dienone is 2. The number of halogens is 1. The van der Waals surface area contributed by atoms with E-state index in [2.05, 4.69) is 10.3 Å². The first-order valence-corrected chi connectivity index (χ1v) is 9.05. The Morgan fingerprint density at radius 2 is 1.97 bits per heavy atom. The second kappa shape index (κ2) is 8.18. The van der Waals surface area contributed by atoms with E-state index < -0.39 is 0 Å². The largest absolute Gasteiger partial charge is 0.455 e. The highest BCUT2D eigenvalue weighted by atomic mass is 19.1. The van der Waals surface area contributed by atoms with E-state index >= 15 is 0 Å². The molecule has 1 amide bonds. The summed E-state index contributed by atoms with van der Waals surface area (Å²) in [7, 11) is 1.67. The number of hydrogen-bond acceptors (Lipinski definition) is 3. The first-order chi connectivity index (χ1) is 13.9. The van der Waals surface area contributed by atoms with Crippen LogP contribution in [0.5, 0.6) is 5.75 Å². The van der Waals surface area contributed by atoms with E-state index in [1.165, 1.54) is 22.9 Å². The lowest BCUT2D eigenvalue weighted by Crippen LogP contribution is -2.18. The van der Waals surface area contributed by atoms with Crippen LogP contribution >= 0.6 is 0 Å². The Morgan fingerprint density at radius 1 is 1.28 bits per heavy atom. The number of aromatic nitrogens is 2. The normalized spacial score (nSPS) is 12.3. The molecule has 3 aromatic rings. The lowest BCUT2D eigenvalue weighted by Gasteiger charge is -2.18. The molecule has 0 aliphatic heterocycles. The number of nitrogens with one attached hydrogen (secondary N) is 2. The Hall–Kier alpha value is -3.61. The minimum atomic E-state index is -0.345. The lowest BCUT2D eigenvalue weighted by atomic mass is 10.0. The summed E-state index contributed by atoms with van der Waals surface area (Å²) >= 11 is 0. The predicted octanol–water partition coefficient (Wildman–Crippen LogP) is 3.69. The molecule has 0 aliphatic carbocycles. The van der Waals surface area contributed by atoms with Gasteiger partial charge in [-0.1, -0.05) is 6.08 Å². The predicted molar refractivity (Wildman–Crippen MR) is 111 cm³/mol. The molecule has 6 nitrogen and oxygen atoms in total. The second-order valence-electron chi connectivity index (χ2n) is 6.69. The maximum atomic E-state index is 13.7. The van der Waals surface area contributed by atoms with Gasteiger partial charge in [-0.2, -0.15) is 0 Å². The highest BCUT2D eigenvalue weighted by Gasteiger charge is 2.18. The molecule has 2 N–H and O–H groups in total. The van der Waals surface area contributed by atoms with E-state index in [1.54, 1.807) is 33.3 Å². The Labute approximate surface area is 167 Å². The van der Waals surface area contributed by atoms with Crippen molar-refractivity contribution in [2.24, 2.45) is 7.05 Å². The molecular weight excluding hydrogens is 373 g/mol. The van der Waals surface area contributed by atoms with Crippen molar-refractivity contribution >= 4 is 22.9 Å². The number of fused-ring (bicyclic) bond motifs is 1. The van der Waals surface area contributed by atoms with Gasteiger partial charge < -0.3 is 19.6 Å². The Bertz CT molecular complexity index is 1180. The fourth-order valence-corrected chi connectivity index (χ4v) is 3.35. The minimum Gasteiger partial charge on any atom is -0.455 e. The van der Waals surface area contributed by atoms with Crippen LogP contribution in [0, 0.1) is 19.7 Å². The van der Waals surface area contributed by atoms with Crippen molar-refractivity contribution in [1.29, 1.82) is 0 Å². The van der Waals surface area contributed by atoms with Crippen molar-refractivity contribution in [3.63, 3.8) is 0 Å². The molecule has 0 saturated carbocycles. The van der Waals surface area contributed by atoms with Crippen LogP contribution in [0.4, 0.5) is 4.39 Å². The zero-order valence-electron chi connectivity index (χ0n) is 16.7. The quantitative estimate of drug-likeness (QED) is 0.380. The van der Waals surface area contributed by atoms with Crippen LogP contribution < -0.4 is 15.6 Å². The third-order valence-corrected chi connectivity index (χ3v) is 4.66. The molecule has 0 aliphatic rings. The third-order valence-electron chi connectivity index (χ3n) is 4.66. The highest BCUT2D eigenvalue weighted by Crippen LogP contribution is 2.33. The maximum absolute atomic E-state index is 13.7. The molecule has 1 aromatic carbocycles. The number of aryl methyl sites for hydroxylation is 3. The smallest absolute Gasteiger partial charge is 0.274 e. The molecule has 0 radical (unpaired) electrons. The van der Waals surface area contributed by atoms with Crippen molar-refractivity contribution in [2.75, 3.05) is 0 Å². The molecule has 3 rings (SSSR count). The van der Waals surface area contributed by atoms with Gasteiger partial charge >= 0.3 is 0 Å². The van der Waals surface area contributed by atoms with Gasteiger partial charge in [-0.05, 0) is 50.1 Å². The van der Waals surface area contributed by atoms with Gasteiger partial charge in [0.1, 0.15) is 17.1 Å². The number of H-pyrrole nitrogens is 1. The van der Waals surface area contributed by atoms with Gasteiger partial charge in [-0.15, -0.1) is 0 Å². The van der Waals surface area contributed by atoms with Crippen LogP contribution in [0.3, 0.4) is 0 Å². The molecule has 0 saturated heterocycles. The number of carbonyl (C=O) groups excluding carboxylic acids is 1. The number of nitrogens with zero attached hydrogens (tertiary/aromatic N) is 1. The minimum absolute atomic E-state index is 0.146. The molecule has 0 atom stereocenters. The molecule has 0 unspecified atom stereocenters. The van der Waals surface area contributed by atoms with E-state index in [1.807, 2.05) is 19.1 Å². The van der Waals surface area contributed by atoms with Crippen molar-refractivity contribution in [2.45, 2.75) is 20.8 Å². The monoisotopic (exact) mass is 395 g/mol. The maximum Gasteiger partial charge on any atom is 0.274 e. The van der Waals surface area contributed by atoms with Crippen LogP contribution in [-0.4, -0.2) is 16.0 Å². The molecule has 2 heterocycles. The van der Waals surface area contributed by atoms with E-state index in [4.69, 9.17) is 4.74 Å². The van der Waals surface area contributed by atoms with E-state index in [-0.39, 0.29) is 11.4 Å². The molecule has 2 aromatic heterocycles. The molecule has 29 heavy (non-hydrogen) atoms. The Balaban J connectivity index is 2.17. The number of hydrogen-bond donors (Lipinski definition) is 2. The summed E-state index contributed by atoms with van der Waals surface area (Å²) in [6.07, 6.45) is 7.22. The standard InChI is InChI=1S/C22H22FN3O3/c1-5-16(18-11-26(4)22(28)20-17(18)6-7-25-20)19(10-24-12-27)29-21-13(2)8-15(23)9-14(21)3/h5-12,25H,1-4H3,(H,24,27)/b16-5-,19-10+. The summed E-state index contributed by atoms with van der Waals surface area (Å²) in [5.41, 5.74) is 3.00. The SMILES string of the molecule is C/C=C(\C(=C/NC=O)Oc1c(C)cc(F)cc1C)c1cn(C)c(=O)c2[nH]ccc12. The zero-order chi connectivity index (χ0) is 21.1. The number of rotatable bonds is 6. The third kappa shape index (κ3) is 3.85. The van der Waals surface area contributed by atoms with Crippen molar-refractivity contribution in [3.05, 3.63) is 81.5 Å². The van der Waals surface area contributed by atoms with Gasteiger partial charge in [0, 0.05) is 42.2 Å². The van der Waals surface area contributed by atoms with E-state index in [0.717, 1.165) is 10.9 Å². The topological polar surface area (TPSA) is 76.1 Å². The molecule has 0 bridgehead atoms. The Kier molecular flexibility index (Phi) is 5.68. The molecule has 0 fully saturated rings. The molecular formula is C22H22FN3O3. The zero-order valence-corrected chi connectivity index (χ0v) is 16.7. The average molecular weight is 395 g/mol. The number of amides is 1. The second-order valence-corrected chi connectivity index (χ2v) is 6.69. The van der Waals surface area contributed by atoms with Crippen molar-refractivity contribution in [1.82, 2.24) is 14.9 Å². The summed E-state index contributed by atoms with van der Waals surface area (Å²) in [6, 6.07) is 4.59. The van der Waals surface area contributed by atoms with Gasteiger partial charge in [0.2, 0.25) is 6.41 Å². The van der Waals surface area contributed by atoms with Gasteiger partial charge in [-0.25, -0.2) is 4.39 Å². The Morgan fingerprint density at radius 3 is 2.59 bits per heavy atom. The lowest BCUT2D eigenvalue weighted by molar-refractivity contribution is -0.108. The fourth-order valence-electron chi connectivity index (χ4n) is 3.35. The number of aromatic amines is 1. The van der Waals surface area contributed by atoms with E-state index in [9.17, 15) is 14.0 Å². The van der Waals surface area contributed by atoms with Crippen molar-refractivity contribution in [3.8, 4) is 5.75 Å². The number of pyridine rings is 1. The summed E-state index contributed by atoms with van der Waals surface area (Å²) < 4.78 is 21.3. The number of benzene rings is 1. The fraction of sp³-hybridized carbons (Fsp3) is 0.182. The van der Waals surface area contributed by atoms with Crippen LogP contribution in [0.25, 0.3) is 16.5 Å². The first-order valence-electron chi connectivity index (χ1n) is 9.05. The van der Waals surface area contributed by atoms with Gasteiger partial charge in [-0.3, -0.25) is 9.59 Å². The molecule has 7 heteroatoms. The van der Waals surface area contributed by atoms with Gasteiger partial charge in [0.15, 0.2) is 5.76 Å².